The third kappa shape index (κ3) is 4.94. The molecule has 6 heteroatoms. The Morgan fingerprint density at radius 2 is 1.44 bits per heavy atom. The van der Waals surface area contributed by atoms with Crippen LogP contribution >= 0.6 is 0 Å². The Bertz CT molecular complexity index is 626. The molecule has 2 aliphatic rings. The van der Waals surface area contributed by atoms with E-state index in [1.807, 2.05) is 0 Å². The van der Waals surface area contributed by atoms with Crippen molar-refractivity contribution >= 4 is 0 Å². The van der Waals surface area contributed by atoms with E-state index in [1.54, 1.807) is 0 Å². The van der Waals surface area contributed by atoms with Crippen molar-refractivity contribution in [3.05, 3.63) is 29.3 Å². The monoisotopic (exact) mass is 390 g/mol. The summed E-state index contributed by atoms with van der Waals surface area (Å²) in [6, 6.07) is 2.14. The summed E-state index contributed by atoms with van der Waals surface area (Å²) in [6.07, 6.45) is 4.57. The summed E-state index contributed by atoms with van der Waals surface area (Å²) in [5, 5.41) is 0. The van der Waals surface area contributed by atoms with Gasteiger partial charge in [0, 0.05) is 0 Å². The van der Waals surface area contributed by atoms with E-state index >= 15 is 0 Å². The van der Waals surface area contributed by atoms with Gasteiger partial charge in [-0.15, -0.1) is 13.2 Å². The molecule has 0 bridgehead atoms. The molecule has 0 amide bonds. The van der Waals surface area contributed by atoms with E-state index in [9.17, 15) is 22.0 Å². The molecular formula is C21H27F5O. The van der Waals surface area contributed by atoms with Gasteiger partial charge in [-0.1, -0.05) is 32.3 Å². The van der Waals surface area contributed by atoms with Crippen LogP contribution in [0.1, 0.15) is 76.2 Å². The maximum absolute atomic E-state index is 14.5. The van der Waals surface area contributed by atoms with Gasteiger partial charge in [-0.25, -0.2) is 8.78 Å². The molecule has 2 aliphatic carbocycles. The van der Waals surface area contributed by atoms with E-state index in [2.05, 4.69) is 11.7 Å². The van der Waals surface area contributed by atoms with Crippen molar-refractivity contribution < 1.29 is 26.7 Å². The lowest BCUT2D eigenvalue weighted by Gasteiger charge is -2.38. The minimum absolute atomic E-state index is 0.142. The number of halogens is 5. The highest BCUT2D eigenvalue weighted by Gasteiger charge is 2.36. The molecule has 1 nitrogen and oxygen atoms in total. The molecule has 0 radical (unpaired) electrons. The number of benzene rings is 1. The molecule has 1 aromatic carbocycles. The summed E-state index contributed by atoms with van der Waals surface area (Å²) in [6.45, 7) is 2.24. The van der Waals surface area contributed by atoms with E-state index in [4.69, 9.17) is 0 Å². The molecule has 27 heavy (non-hydrogen) atoms. The molecule has 2 fully saturated rings. The molecule has 0 N–H and O–H groups in total. The molecule has 2 saturated carbocycles. The number of hydrogen-bond donors (Lipinski definition) is 0. The van der Waals surface area contributed by atoms with Gasteiger partial charge in [-0.05, 0) is 73.8 Å². The van der Waals surface area contributed by atoms with Crippen molar-refractivity contribution in [3.63, 3.8) is 0 Å². The first-order chi connectivity index (χ1) is 12.8. The van der Waals surface area contributed by atoms with Crippen LogP contribution in [0.25, 0.3) is 0 Å². The fourth-order valence-corrected chi connectivity index (χ4v) is 5.04. The largest absolute Gasteiger partial charge is 0.573 e. The van der Waals surface area contributed by atoms with Gasteiger partial charge in [-0.3, -0.25) is 0 Å². The van der Waals surface area contributed by atoms with Crippen LogP contribution in [-0.4, -0.2) is 6.36 Å². The van der Waals surface area contributed by atoms with Crippen LogP contribution in [0.3, 0.4) is 0 Å². The minimum Gasteiger partial charge on any atom is -0.399 e. The Hall–Kier alpha value is -1.33. The summed E-state index contributed by atoms with van der Waals surface area (Å²) in [5.41, 5.74) is 0.142. The quantitative estimate of drug-likeness (QED) is 0.488. The van der Waals surface area contributed by atoms with Crippen molar-refractivity contribution in [2.24, 2.45) is 17.8 Å². The third-order valence-electron chi connectivity index (χ3n) is 6.64. The van der Waals surface area contributed by atoms with Crippen LogP contribution in [0.5, 0.6) is 5.75 Å². The Kier molecular flexibility index (Phi) is 6.32. The molecule has 1 aromatic rings. The predicted molar refractivity (Wildman–Crippen MR) is 93.5 cm³/mol. The maximum atomic E-state index is 14.5. The van der Waals surface area contributed by atoms with Crippen molar-refractivity contribution in [2.45, 2.75) is 77.0 Å². The fourth-order valence-electron chi connectivity index (χ4n) is 5.04. The lowest BCUT2D eigenvalue weighted by molar-refractivity contribution is -0.276. The van der Waals surface area contributed by atoms with Gasteiger partial charge in [0.15, 0.2) is 11.6 Å². The standard InChI is InChI=1S/C21H27F5O/c1-2-13-3-5-14(6-4-13)15-7-9-16(10-8-15)17-11-12-18(22)20(19(17)23)27-21(24,25)26/h11-16H,2-10H2,1H3. The second-order valence-corrected chi connectivity index (χ2v) is 8.13. The lowest BCUT2D eigenvalue weighted by Crippen LogP contribution is -2.25. The first-order valence-electron chi connectivity index (χ1n) is 10.0. The van der Waals surface area contributed by atoms with E-state index in [0.717, 1.165) is 43.6 Å². The molecule has 152 valence electrons. The molecule has 0 atom stereocenters. The summed E-state index contributed by atoms with van der Waals surface area (Å²) in [5.74, 6) is -1.86. The number of hydrogen-bond acceptors (Lipinski definition) is 1. The second kappa shape index (κ2) is 8.36. The normalized spacial score (nSPS) is 29.6. The average molecular weight is 390 g/mol. The van der Waals surface area contributed by atoms with Crippen LogP contribution in [0.4, 0.5) is 22.0 Å². The van der Waals surface area contributed by atoms with Crippen molar-refractivity contribution in [2.75, 3.05) is 0 Å². The van der Waals surface area contributed by atoms with Gasteiger partial charge in [0.1, 0.15) is 0 Å². The van der Waals surface area contributed by atoms with Gasteiger partial charge in [0.05, 0.1) is 0 Å². The molecule has 0 unspecified atom stereocenters. The summed E-state index contributed by atoms with van der Waals surface area (Å²) < 4.78 is 69.0. The Balaban J connectivity index is 1.63. The molecule has 3 rings (SSSR count). The number of alkyl halides is 3. The zero-order chi connectivity index (χ0) is 19.6. The van der Waals surface area contributed by atoms with Crippen molar-refractivity contribution in [1.29, 1.82) is 0 Å². The topological polar surface area (TPSA) is 9.23 Å². The second-order valence-electron chi connectivity index (χ2n) is 8.13. The van der Waals surface area contributed by atoms with Gasteiger partial charge < -0.3 is 4.74 Å². The van der Waals surface area contributed by atoms with Crippen LogP contribution in [0, 0.1) is 29.4 Å². The molecule has 0 saturated heterocycles. The highest BCUT2D eigenvalue weighted by atomic mass is 19.4. The fraction of sp³-hybridized carbons (Fsp3) is 0.714. The van der Waals surface area contributed by atoms with Crippen molar-refractivity contribution in [3.8, 4) is 5.75 Å². The van der Waals surface area contributed by atoms with Crippen LogP contribution in [0.15, 0.2) is 12.1 Å². The van der Waals surface area contributed by atoms with Gasteiger partial charge in [0.2, 0.25) is 5.75 Å². The number of rotatable bonds is 4. The molecular weight excluding hydrogens is 363 g/mol. The maximum Gasteiger partial charge on any atom is 0.573 e. The van der Waals surface area contributed by atoms with E-state index in [1.165, 1.54) is 38.2 Å². The zero-order valence-electron chi connectivity index (χ0n) is 15.6. The zero-order valence-corrected chi connectivity index (χ0v) is 15.6. The van der Waals surface area contributed by atoms with Gasteiger partial charge in [-0.2, -0.15) is 0 Å². The first-order valence-corrected chi connectivity index (χ1v) is 10.0. The van der Waals surface area contributed by atoms with Crippen LogP contribution in [0.2, 0.25) is 0 Å². The SMILES string of the molecule is CCC1CCC(C2CCC(c3ccc(F)c(OC(F)(F)F)c3F)CC2)CC1. The third-order valence-corrected chi connectivity index (χ3v) is 6.64. The summed E-state index contributed by atoms with van der Waals surface area (Å²) >= 11 is 0. The molecule has 0 spiro atoms. The highest BCUT2D eigenvalue weighted by molar-refractivity contribution is 5.35. The lowest BCUT2D eigenvalue weighted by atomic mass is 9.68. The van der Waals surface area contributed by atoms with E-state index < -0.39 is 23.7 Å². The van der Waals surface area contributed by atoms with Gasteiger partial charge in [0.25, 0.3) is 0 Å². The number of ether oxygens (including phenoxy) is 1. The smallest absolute Gasteiger partial charge is 0.399 e. The Morgan fingerprint density at radius 3 is 1.96 bits per heavy atom. The molecule has 0 heterocycles. The van der Waals surface area contributed by atoms with Crippen LogP contribution < -0.4 is 4.74 Å². The Labute approximate surface area is 157 Å². The summed E-state index contributed by atoms with van der Waals surface area (Å²) in [4.78, 5) is 0. The Morgan fingerprint density at radius 1 is 0.889 bits per heavy atom. The average Bonchev–Trinajstić information content (AvgIpc) is 2.65. The summed E-state index contributed by atoms with van der Waals surface area (Å²) in [7, 11) is 0. The van der Waals surface area contributed by atoms with Gasteiger partial charge >= 0.3 is 6.36 Å². The van der Waals surface area contributed by atoms with E-state index in [0.29, 0.717) is 5.92 Å². The van der Waals surface area contributed by atoms with Crippen LogP contribution in [-0.2, 0) is 0 Å². The molecule has 0 aliphatic heterocycles. The molecule has 0 aromatic heterocycles. The highest BCUT2D eigenvalue weighted by Crippen LogP contribution is 2.45. The predicted octanol–water partition coefficient (Wildman–Crippen LogP) is 7.35. The van der Waals surface area contributed by atoms with E-state index in [-0.39, 0.29) is 11.5 Å². The first kappa shape index (κ1) is 20.4. The van der Waals surface area contributed by atoms with Crippen molar-refractivity contribution in [1.82, 2.24) is 0 Å². The minimum atomic E-state index is -5.12.